The van der Waals surface area contributed by atoms with Crippen LogP contribution in [0.3, 0.4) is 0 Å². The van der Waals surface area contributed by atoms with Gasteiger partial charge in [0.25, 0.3) is 5.91 Å². The average molecular weight is 453 g/mol. The van der Waals surface area contributed by atoms with Crippen LogP contribution < -0.4 is 10.6 Å². The number of amides is 2. The molecule has 4 rings (SSSR count). The summed E-state index contributed by atoms with van der Waals surface area (Å²) < 4.78 is 1.80. The second-order valence-corrected chi connectivity index (χ2v) is 7.60. The molecule has 0 fully saturated rings. The van der Waals surface area contributed by atoms with Crippen molar-refractivity contribution >= 4 is 51.7 Å². The Hall–Kier alpha value is -3.35. The monoisotopic (exact) mass is 452 g/mol. The number of para-hydroxylation sites is 2. The smallest absolute Gasteiger partial charge is 0.251 e. The van der Waals surface area contributed by atoms with Crippen LogP contribution in [0.15, 0.2) is 66.7 Å². The van der Waals surface area contributed by atoms with Crippen molar-refractivity contribution in [2.45, 2.75) is 6.54 Å². The van der Waals surface area contributed by atoms with Gasteiger partial charge in [-0.15, -0.1) is 0 Å². The van der Waals surface area contributed by atoms with E-state index in [1.807, 2.05) is 30.3 Å². The van der Waals surface area contributed by atoms with Gasteiger partial charge in [0, 0.05) is 23.9 Å². The van der Waals surface area contributed by atoms with Crippen LogP contribution in [0.25, 0.3) is 22.4 Å². The van der Waals surface area contributed by atoms with Gasteiger partial charge in [-0.2, -0.15) is 0 Å². The van der Waals surface area contributed by atoms with Crippen molar-refractivity contribution in [2.24, 2.45) is 0 Å². The molecule has 1 heterocycles. The third-order valence-electron chi connectivity index (χ3n) is 4.78. The Bertz CT molecular complexity index is 1300. The number of nitrogens with one attached hydrogen (secondary N) is 2. The molecule has 31 heavy (non-hydrogen) atoms. The van der Waals surface area contributed by atoms with Crippen LogP contribution in [0.2, 0.25) is 10.0 Å². The molecule has 0 atom stereocenters. The van der Waals surface area contributed by atoms with E-state index >= 15 is 0 Å². The SMILES string of the molecule is CNC(=O)c1cccc(NC(=O)Cn2c(-c3cccc(Cl)c3Cl)nc3ccccc32)c1. The largest absolute Gasteiger partial charge is 0.355 e. The Balaban J connectivity index is 1.69. The first-order valence-electron chi connectivity index (χ1n) is 9.49. The fourth-order valence-electron chi connectivity index (χ4n) is 3.34. The van der Waals surface area contributed by atoms with Crippen molar-refractivity contribution in [1.29, 1.82) is 0 Å². The fourth-order valence-corrected chi connectivity index (χ4v) is 3.73. The first-order valence-corrected chi connectivity index (χ1v) is 10.2. The first kappa shape index (κ1) is 20.9. The van der Waals surface area contributed by atoms with Gasteiger partial charge in [-0.1, -0.05) is 47.5 Å². The maximum absolute atomic E-state index is 12.9. The number of rotatable bonds is 5. The highest BCUT2D eigenvalue weighted by molar-refractivity contribution is 6.43. The van der Waals surface area contributed by atoms with Crippen LogP contribution in [0.1, 0.15) is 10.4 Å². The third-order valence-corrected chi connectivity index (χ3v) is 5.60. The predicted octanol–water partition coefficient (Wildman–Crippen LogP) is 5.01. The molecule has 6 nitrogen and oxygen atoms in total. The molecule has 0 saturated heterocycles. The number of carbonyl (C=O) groups is 2. The van der Waals surface area contributed by atoms with Crippen molar-refractivity contribution in [3.8, 4) is 11.4 Å². The maximum Gasteiger partial charge on any atom is 0.251 e. The van der Waals surface area contributed by atoms with Gasteiger partial charge in [0.05, 0.1) is 21.1 Å². The highest BCUT2D eigenvalue weighted by Gasteiger charge is 2.18. The van der Waals surface area contributed by atoms with Crippen LogP contribution in [0.4, 0.5) is 5.69 Å². The molecule has 4 aromatic rings. The minimum atomic E-state index is -0.267. The lowest BCUT2D eigenvalue weighted by molar-refractivity contribution is -0.116. The van der Waals surface area contributed by atoms with Crippen LogP contribution in [-0.4, -0.2) is 28.4 Å². The zero-order valence-electron chi connectivity index (χ0n) is 16.5. The molecular formula is C23H18Cl2N4O2. The number of benzene rings is 3. The third kappa shape index (κ3) is 4.26. The lowest BCUT2D eigenvalue weighted by Crippen LogP contribution is -2.21. The Morgan fingerprint density at radius 2 is 1.77 bits per heavy atom. The second-order valence-electron chi connectivity index (χ2n) is 6.82. The van der Waals surface area contributed by atoms with Gasteiger partial charge in [-0.3, -0.25) is 9.59 Å². The standard InChI is InChI=1S/C23H18Cl2N4O2/c1-26-23(31)14-6-4-7-15(12-14)27-20(30)13-29-19-11-3-2-10-18(19)28-22(29)16-8-5-9-17(24)21(16)25/h2-12H,13H2,1H3,(H,26,31)(H,27,30). The summed E-state index contributed by atoms with van der Waals surface area (Å²) in [5.41, 5.74) is 3.16. The lowest BCUT2D eigenvalue weighted by Gasteiger charge is -2.12. The molecule has 0 radical (unpaired) electrons. The number of aromatic nitrogens is 2. The average Bonchev–Trinajstić information content (AvgIpc) is 3.13. The molecule has 0 aliphatic rings. The van der Waals surface area contributed by atoms with Crippen molar-refractivity contribution in [1.82, 2.24) is 14.9 Å². The molecule has 0 aliphatic heterocycles. The summed E-state index contributed by atoms with van der Waals surface area (Å²) in [5, 5.41) is 6.19. The van der Waals surface area contributed by atoms with Crippen molar-refractivity contribution in [3.05, 3.63) is 82.3 Å². The molecule has 2 N–H and O–H groups in total. The van der Waals surface area contributed by atoms with E-state index in [9.17, 15) is 9.59 Å². The fraction of sp³-hybridized carbons (Fsp3) is 0.0870. The summed E-state index contributed by atoms with van der Waals surface area (Å²) in [6.45, 7) is 0.00287. The molecule has 2 amide bonds. The van der Waals surface area contributed by atoms with E-state index in [2.05, 4.69) is 15.6 Å². The summed E-state index contributed by atoms with van der Waals surface area (Å²) in [6, 6.07) is 19.6. The van der Waals surface area contributed by atoms with Gasteiger partial charge in [-0.25, -0.2) is 4.98 Å². The minimum Gasteiger partial charge on any atom is -0.355 e. The number of carbonyl (C=O) groups excluding carboxylic acids is 2. The Kier molecular flexibility index (Phi) is 5.93. The molecule has 1 aromatic heterocycles. The zero-order chi connectivity index (χ0) is 22.0. The first-order chi connectivity index (χ1) is 15.0. The topological polar surface area (TPSA) is 76.0 Å². The van der Waals surface area contributed by atoms with Gasteiger partial charge in [-0.05, 0) is 42.5 Å². The van der Waals surface area contributed by atoms with Crippen molar-refractivity contribution in [3.63, 3.8) is 0 Å². The summed E-state index contributed by atoms with van der Waals surface area (Å²) >= 11 is 12.6. The highest BCUT2D eigenvalue weighted by atomic mass is 35.5. The van der Waals surface area contributed by atoms with Crippen LogP contribution in [-0.2, 0) is 11.3 Å². The van der Waals surface area contributed by atoms with E-state index in [1.54, 1.807) is 48.0 Å². The van der Waals surface area contributed by atoms with E-state index in [4.69, 9.17) is 23.2 Å². The molecule has 0 saturated carbocycles. The lowest BCUT2D eigenvalue weighted by atomic mass is 10.2. The minimum absolute atomic E-state index is 0.00287. The van der Waals surface area contributed by atoms with Gasteiger partial charge >= 0.3 is 0 Å². The molecule has 156 valence electrons. The van der Waals surface area contributed by atoms with Crippen molar-refractivity contribution < 1.29 is 9.59 Å². The van der Waals surface area contributed by atoms with Gasteiger partial charge in [0.1, 0.15) is 12.4 Å². The van der Waals surface area contributed by atoms with E-state index in [0.717, 1.165) is 11.0 Å². The molecule has 0 spiro atoms. The predicted molar refractivity (Wildman–Crippen MR) is 124 cm³/mol. The molecule has 0 aliphatic carbocycles. The number of imidazole rings is 1. The molecular weight excluding hydrogens is 435 g/mol. The zero-order valence-corrected chi connectivity index (χ0v) is 18.0. The second kappa shape index (κ2) is 8.79. The molecule has 0 bridgehead atoms. The summed E-state index contributed by atoms with van der Waals surface area (Å²) in [4.78, 5) is 29.4. The maximum atomic E-state index is 12.9. The van der Waals surface area contributed by atoms with Crippen LogP contribution in [0, 0.1) is 0 Å². The number of fused-ring (bicyclic) bond motifs is 1. The van der Waals surface area contributed by atoms with E-state index in [1.165, 1.54) is 0 Å². The molecule has 0 unspecified atom stereocenters. The van der Waals surface area contributed by atoms with Crippen LogP contribution >= 0.6 is 23.2 Å². The number of halogens is 2. The summed E-state index contributed by atoms with van der Waals surface area (Å²) in [5.74, 6) is 0.0501. The number of hydrogen-bond donors (Lipinski definition) is 2. The van der Waals surface area contributed by atoms with Gasteiger partial charge < -0.3 is 15.2 Å². The number of anilines is 1. The Morgan fingerprint density at radius 3 is 2.58 bits per heavy atom. The van der Waals surface area contributed by atoms with Gasteiger partial charge in [0.2, 0.25) is 5.91 Å². The quantitative estimate of drug-likeness (QED) is 0.446. The Labute approximate surface area is 188 Å². The van der Waals surface area contributed by atoms with E-state index in [0.29, 0.717) is 32.7 Å². The summed E-state index contributed by atoms with van der Waals surface area (Å²) in [7, 11) is 1.56. The van der Waals surface area contributed by atoms with E-state index in [-0.39, 0.29) is 18.4 Å². The Morgan fingerprint density at radius 1 is 1.00 bits per heavy atom. The number of hydrogen-bond acceptors (Lipinski definition) is 3. The van der Waals surface area contributed by atoms with Crippen molar-refractivity contribution in [2.75, 3.05) is 12.4 Å². The number of nitrogens with zero attached hydrogens (tertiary/aromatic N) is 2. The molecule has 8 heteroatoms. The molecule has 3 aromatic carbocycles. The van der Waals surface area contributed by atoms with E-state index < -0.39 is 0 Å². The highest BCUT2D eigenvalue weighted by Crippen LogP contribution is 2.34. The van der Waals surface area contributed by atoms with Gasteiger partial charge in [0.15, 0.2) is 0 Å². The normalized spacial score (nSPS) is 10.8. The summed E-state index contributed by atoms with van der Waals surface area (Å²) in [6.07, 6.45) is 0. The van der Waals surface area contributed by atoms with Crippen LogP contribution in [0.5, 0.6) is 0 Å².